The molecule has 0 spiro atoms. The minimum absolute atomic E-state index is 0.320. The van der Waals surface area contributed by atoms with Gasteiger partial charge in [-0.1, -0.05) is 32.4 Å². The molecule has 100 valence electrons. The van der Waals surface area contributed by atoms with Crippen LogP contribution in [-0.2, 0) is 11.2 Å². The molecular weight excluding hydrogens is 252 g/mol. The molecule has 4 heteroatoms. The molecule has 0 aliphatic heterocycles. The van der Waals surface area contributed by atoms with Gasteiger partial charge in [0.2, 0.25) is 0 Å². The molecule has 0 fully saturated rings. The third kappa shape index (κ3) is 3.64. The molecule has 0 radical (unpaired) electrons. The summed E-state index contributed by atoms with van der Waals surface area (Å²) in [5.74, 6) is -0.607. The SMILES string of the molecule is COc1ccc(Cl)cc1CC(C(=O)O)C(C)(C)C. The molecule has 1 atom stereocenters. The van der Waals surface area contributed by atoms with Crippen LogP contribution in [-0.4, -0.2) is 18.2 Å². The molecule has 1 N–H and O–H groups in total. The molecule has 0 bridgehead atoms. The highest BCUT2D eigenvalue weighted by Gasteiger charge is 2.32. The van der Waals surface area contributed by atoms with Crippen LogP contribution >= 0.6 is 11.6 Å². The molecule has 1 aromatic carbocycles. The maximum absolute atomic E-state index is 11.4. The molecule has 1 unspecified atom stereocenters. The molecule has 0 aromatic heterocycles. The van der Waals surface area contributed by atoms with Crippen molar-refractivity contribution < 1.29 is 14.6 Å². The average Bonchev–Trinajstić information content (AvgIpc) is 2.24. The summed E-state index contributed by atoms with van der Waals surface area (Å²) in [5.41, 5.74) is 0.506. The van der Waals surface area contributed by atoms with Crippen molar-refractivity contribution in [2.24, 2.45) is 11.3 Å². The van der Waals surface area contributed by atoms with Crippen molar-refractivity contribution in [3.05, 3.63) is 28.8 Å². The minimum atomic E-state index is -0.801. The number of methoxy groups -OCH3 is 1. The molecule has 0 saturated carbocycles. The Morgan fingerprint density at radius 3 is 2.50 bits per heavy atom. The van der Waals surface area contributed by atoms with Gasteiger partial charge >= 0.3 is 5.97 Å². The molecule has 1 rings (SSSR count). The predicted molar refractivity (Wildman–Crippen MR) is 72.3 cm³/mol. The Bertz CT molecular complexity index is 435. The van der Waals surface area contributed by atoms with E-state index in [9.17, 15) is 9.90 Å². The first-order valence-electron chi connectivity index (χ1n) is 5.81. The Hall–Kier alpha value is -1.22. The van der Waals surface area contributed by atoms with Gasteiger partial charge in [0.1, 0.15) is 5.75 Å². The lowest BCUT2D eigenvalue weighted by atomic mass is 9.77. The maximum Gasteiger partial charge on any atom is 0.307 e. The Morgan fingerprint density at radius 2 is 2.06 bits per heavy atom. The van der Waals surface area contributed by atoms with Crippen LogP contribution in [0.5, 0.6) is 5.75 Å². The molecule has 0 heterocycles. The van der Waals surface area contributed by atoms with Crippen LogP contribution in [0.2, 0.25) is 5.02 Å². The number of carboxylic acids is 1. The van der Waals surface area contributed by atoms with Crippen molar-refractivity contribution in [2.45, 2.75) is 27.2 Å². The topological polar surface area (TPSA) is 46.5 Å². The van der Waals surface area contributed by atoms with E-state index in [4.69, 9.17) is 16.3 Å². The summed E-state index contributed by atoms with van der Waals surface area (Å²) in [4.78, 5) is 11.4. The number of benzene rings is 1. The summed E-state index contributed by atoms with van der Waals surface area (Å²) >= 11 is 5.95. The van der Waals surface area contributed by atoms with E-state index in [2.05, 4.69) is 0 Å². The van der Waals surface area contributed by atoms with Crippen LogP contribution in [0.15, 0.2) is 18.2 Å². The van der Waals surface area contributed by atoms with Crippen LogP contribution in [0.4, 0.5) is 0 Å². The summed E-state index contributed by atoms with van der Waals surface area (Å²) in [5, 5.41) is 9.92. The van der Waals surface area contributed by atoms with Gasteiger partial charge in [-0.05, 0) is 35.6 Å². The second kappa shape index (κ2) is 5.61. The Balaban J connectivity index is 3.08. The predicted octanol–water partition coefficient (Wildman–Crippen LogP) is 3.64. The highest BCUT2D eigenvalue weighted by Crippen LogP contribution is 2.33. The van der Waals surface area contributed by atoms with E-state index >= 15 is 0 Å². The van der Waals surface area contributed by atoms with Gasteiger partial charge in [-0.2, -0.15) is 0 Å². The Labute approximate surface area is 113 Å². The Morgan fingerprint density at radius 1 is 1.44 bits per heavy atom. The number of carboxylic acid groups (broad SMARTS) is 1. The zero-order chi connectivity index (χ0) is 13.9. The maximum atomic E-state index is 11.4. The van der Waals surface area contributed by atoms with Crippen LogP contribution in [0.1, 0.15) is 26.3 Å². The summed E-state index contributed by atoms with van der Waals surface area (Å²) in [7, 11) is 1.57. The van der Waals surface area contributed by atoms with Gasteiger partial charge in [0.25, 0.3) is 0 Å². The van der Waals surface area contributed by atoms with Crippen molar-refractivity contribution >= 4 is 17.6 Å². The number of ether oxygens (including phenoxy) is 1. The second-order valence-electron chi connectivity index (χ2n) is 5.42. The first-order valence-corrected chi connectivity index (χ1v) is 6.18. The summed E-state index contributed by atoms with van der Waals surface area (Å²) in [6, 6.07) is 5.26. The zero-order valence-corrected chi connectivity index (χ0v) is 11.9. The largest absolute Gasteiger partial charge is 0.496 e. The first kappa shape index (κ1) is 14.8. The van der Waals surface area contributed by atoms with E-state index in [0.29, 0.717) is 17.2 Å². The normalized spacial score (nSPS) is 13.2. The standard InChI is InChI=1S/C14H19ClO3/c1-14(2,3)11(13(16)17)8-9-7-10(15)5-6-12(9)18-4/h5-7,11H,8H2,1-4H3,(H,16,17). The quantitative estimate of drug-likeness (QED) is 0.909. The van der Waals surface area contributed by atoms with Crippen molar-refractivity contribution in [3.63, 3.8) is 0 Å². The van der Waals surface area contributed by atoms with Crippen LogP contribution in [0, 0.1) is 11.3 Å². The van der Waals surface area contributed by atoms with Gasteiger partial charge in [0.05, 0.1) is 13.0 Å². The zero-order valence-electron chi connectivity index (χ0n) is 11.2. The molecule has 0 aliphatic rings. The van der Waals surface area contributed by atoms with Crippen LogP contribution < -0.4 is 4.74 Å². The molecule has 3 nitrogen and oxygen atoms in total. The Kier molecular flexibility index (Phi) is 4.63. The first-order chi connectivity index (χ1) is 8.25. The number of halogens is 1. The fourth-order valence-corrected chi connectivity index (χ4v) is 2.09. The molecule has 0 aliphatic carbocycles. The highest BCUT2D eigenvalue weighted by molar-refractivity contribution is 6.30. The van der Waals surface area contributed by atoms with Gasteiger partial charge in [0, 0.05) is 5.02 Å². The highest BCUT2D eigenvalue weighted by atomic mass is 35.5. The molecule has 1 aromatic rings. The number of carbonyl (C=O) groups is 1. The summed E-state index contributed by atoms with van der Waals surface area (Å²) in [6.07, 6.45) is 0.405. The fourth-order valence-electron chi connectivity index (χ4n) is 1.89. The van der Waals surface area contributed by atoms with Crippen LogP contribution in [0.25, 0.3) is 0 Å². The molecular formula is C14H19ClO3. The van der Waals surface area contributed by atoms with Gasteiger partial charge in [-0.25, -0.2) is 0 Å². The van der Waals surface area contributed by atoms with Crippen LogP contribution in [0.3, 0.4) is 0 Å². The van der Waals surface area contributed by atoms with E-state index in [0.717, 1.165) is 5.56 Å². The average molecular weight is 271 g/mol. The smallest absolute Gasteiger partial charge is 0.307 e. The molecule has 0 saturated heterocycles. The summed E-state index contributed by atoms with van der Waals surface area (Å²) < 4.78 is 5.24. The van der Waals surface area contributed by atoms with Gasteiger partial charge in [-0.15, -0.1) is 0 Å². The number of aliphatic carboxylic acids is 1. The van der Waals surface area contributed by atoms with E-state index in [-0.39, 0.29) is 5.41 Å². The van der Waals surface area contributed by atoms with Gasteiger partial charge in [0.15, 0.2) is 0 Å². The third-order valence-corrected chi connectivity index (χ3v) is 3.25. The van der Waals surface area contributed by atoms with E-state index in [1.807, 2.05) is 20.8 Å². The lowest BCUT2D eigenvalue weighted by molar-refractivity contribution is -0.145. The fraction of sp³-hybridized carbons (Fsp3) is 0.500. The third-order valence-electron chi connectivity index (χ3n) is 3.01. The van der Waals surface area contributed by atoms with Crippen molar-refractivity contribution in [3.8, 4) is 5.75 Å². The summed E-state index contributed by atoms with van der Waals surface area (Å²) in [6.45, 7) is 5.76. The number of rotatable bonds is 4. The van der Waals surface area contributed by atoms with E-state index < -0.39 is 11.9 Å². The van der Waals surface area contributed by atoms with Gasteiger partial charge in [-0.3, -0.25) is 4.79 Å². The molecule has 18 heavy (non-hydrogen) atoms. The van der Waals surface area contributed by atoms with E-state index in [1.165, 1.54) is 0 Å². The van der Waals surface area contributed by atoms with Crippen molar-refractivity contribution in [1.82, 2.24) is 0 Å². The van der Waals surface area contributed by atoms with E-state index in [1.54, 1.807) is 25.3 Å². The second-order valence-corrected chi connectivity index (χ2v) is 5.85. The van der Waals surface area contributed by atoms with Crippen molar-refractivity contribution in [2.75, 3.05) is 7.11 Å². The molecule has 0 amide bonds. The lowest BCUT2D eigenvalue weighted by Crippen LogP contribution is -2.30. The minimum Gasteiger partial charge on any atom is -0.496 e. The number of hydrogen-bond donors (Lipinski definition) is 1. The van der Waals surface area contributed by atoms with Crippen molar-refractivity contribution in [1.29, 1.82) is 0 Å². The number of hydrogen-bond acceptors (Lipinski definition) is 2. The lowest BCUT2D eigenvalue weighted by Gasteiger charge is -2.27. The van der Waals surface area contributed by atoms with Gasteiger partial charge < -0.3 is 9.84 Å². The monoisotopic (exact) mass is 270 g/mol.